The minimum absolute atomic E-state index is 0.313. The average molecular weight is 261 g/mol. The smallest absolute Gasteiger partial charge is 0.223 e. The lowest BCUT2D eigenvalue weighted by molar-refractivity contribution is -0.130. The predicted octanol–water partition coefficient (Wildman–Crippen LogP) is 1.57. The van der Waals surface area contributed by atoms with Gasteiger partial charge in [-0.25, -0.2) is 0 Å². The maximum Gasteiger partial charge on any atom is 0.223 e. The third-order valence-electron chi connectivity index (χ3n) is 3.70. The van der Waals surface area contributed by atoms with E-state index >= 15 is 0 Å². The molecule has 1 aliphatic heterocycles. The van der Waals surface area contributed by atoms with Crippen molar-refractivity contribution < 1.29 is 4.79 Å². The van der Waals surface area contributed by atoms with Gasteiger partial charge in [0, 0.05) is 45.0 Å². The van der Waals surface area contributed by atoms with Crippen LogP contribution in [0.3, 0.4) is 0 Å². The number of hydrogen-bond donors (Lipinski definition) is 0. The number of carbonyl (C=O) groups is 1. The second kappa shape index (κ2) is 7.24. The molecule has 0 aromatic carbocycles. The molecule has 0 N–H and O–H groups in total. The number of likely N-dealkylation sites (N-methyl/N-ethyl adjacent to an activating group) is 1. The van der Waals surface area contributed by atoms with Crippen molar-refractivity contribution in [3.63, 3.8) is 0 Å². The molecule has 0 unspecified atom stereocenters. The summed E-state index contributed by atoms with van der Waals surface area (Å²) < 4.78 is 0. The van der Waals surface area contributed by atoms with Crippen molar-refractivity contribution in [2.75, 3.05) is 33.2 Å². The highest BCUT2D eigenvalue weighted by Crippen LogP contribution is 2.09. The zero-order valence-electron chi connectivity index (χ0n) is 11.7. The first-order valence-corrected chi connectivity index (χ1v) is 7.11. The van der Waals surface area contributed by atoms with Crippen molar-refractivity contribution in [1.82, 2.24) is 14.8 Å². The van der Waals surface area contributed by atoms with Gasteiger partial charge in [-0.3, -0.25) is 9.78 Å². The maximum absolute atomic E-state index is 11.9. The van der Waals surface area contributed by atoms with Crippen molar-refractivity contribution >= 4 is 5.91 Å². The van der Waals surface area contributed by atoms with Crippen LogP contribution in [-0.4, -0.2) is 53.9 Å². The Morgan fingerprint density at radius 2 is 1.95 bits per heavy atom. The Hall–Kier alpha value is -1.42. The summed E-state index contributed by atoms with van der Waals surface area (Å²) in [7, 11) is 2.08. The van der Waals surface area contributed by atoms with Gasteiger partial charge in [-0.1, -0.05) is 0 Å². The Kier molecular flexibility index (Phi) is 5.33. The quantitative estimate of drug-likeness (QED) is 0.780. The highest BCUT2D eigenvalue weighted by Gasteiger charge is 2.17. The molecule has 1 amide bonds. The molecule has 1 aliphatic rings. The Bertz CT molecular complexity index is 388. The zero-order chi connectivity index (χ0) is 13.5. The fourth-order valence-corrected chi connectivity index (χ4v) is 2.39. The van der Waals surface area contributed by atoms with Gasteiger partial charge in [0.05, 0.1) is 0 Å². The SMILES string of the molecule is CN(CCC(=O)N1CCCC1)CCc1ccncc1. The molecule has 0 aliphatic carbocycles. The van der Waals surface area contributed by atoms with Gasteiger partial charge in [0.15, 0.2) is 0 Å². The van der Waals surface area contributed by atoms with Gasteiger partial charge in [0.25, 0.3) is 0 Å². The number of pyridine rings is 1. The van der Waals surface area contributed by atoms with E-state index in [1.165, 1.54) is 18.4 Å². The van der Waals surface area contributed by atoms with E-state index in [0.29, 0.717) is 12.3 Å². The van der Waals surface area contributed by atoms with Crippen LogP contribution in [0.1, 0.15) is 24.8 Å². The van der Waals surface area contributed by atoms with Crippen molar-refractivity contribution in [2.24, 2.45) is 0 Å². The summed E-state index contributed by atoms with van der Waals surface area (Å²) in [6, 6.07) is 4.09. The van der Waals surface area contributed by atoms with Crippen molar-refractivity contribution in [3.8, 4) is 0 Å². The van der Waals surface area contributed by atoms with Crippen LogP contribution in [0.15, 0.2) is 24.5 Å². The zero-order valence-corrected chi connectivity index (χ0v) is 11.7. The molecular formula is C15H23N3O. The summed E-state index contributed by atoms with van der Waals surface area (Å²) in [5.74, 6) is 0.313. The molecule has 1 aromatic heterocycles. The molecule has 2 heterocycles. The standard InChI is InChI=1S/C15H23N3O/c1-17(12-6-14-4-8-16-9-5-14)13-7-15(19)18-10-2-3-11-18/h4-5,8-9H,2-3,6-7,10-13H2,1H3. The lowest BCUT2D eigenvalue weighted by Gasteiger charge is -2.19. The molecule has 1 saturated heterocycles. The maximum atomic E-state index is 11.9. The van der Waals surface area contributed by atoms with E-state index in [-0.39, 0.29) is 0 Å². The van der Waals surface area contributed by atoms with Crippen LogP contribution >= 0.6 is 0 Å². The molecule has 4 heteroatoms. The molecule has 0 bridgehead atoms. The molecule has 0 radical (unpaired) electrons. The van der Waals surface area contributed by atoms with Gasteiger partial charge >= 0.3 is 0 Å². The van der Waals surface area contributed by atoms with E-state index in [1.54, 1.807) is 0 Å². The van der Waals surface area contributed by atoms with Crippen LogP contribution in [0.25, 0.3) is 0 Å². The highest BCUT2D eigenvalue weighted by molar-refractivity contribution is 5.76. The Morgan fingerprint density at radius 1 is 1.26 bits per heavy atom. The third kappa shape index (κ3) is 4.63. The Balaban J connectivity index is 1.64. The van der Waals surface area contributed by atoms with Crippen LogP contribution < -0.4 is 0 Å². The van der Waals surface area contributed by atoms with Gasteiger partial charge in [-0.05, 0) is 44.0 Å². The number of amides is 1. The van der Waals surface area contributed by atoms with Crippen LogP contribution in [0.5, 0.6) is 0 Å². The first-order chi connectivity index (χ1) is 9.25. The van der Waals surface area contributed by atoms with E-state index in [0.717, 1.165) is 32.6 Å². The van der Waals surface area contributed by atoms with E-state index in [9.17, 15) is 4.79 Å². The molecule has 104 valence electrons. The fraction of sp³-hybridized carbons (Fsp3) is 0.600. The lowest BCUT2D eigenvalue weighted by atomic mass is 10.2. The van der Waals surface area contributed by atoms with Gasteiger partial charge in [-0.15, -0.1) is 0 Å². The molecule has 2 rings (SSSR count). The number of carbonyl (C=O) groups excluding carboxylic acids is 1. The molecule has 19 heavy (non-hydrogen) atoms. The Morgan fingerprint density at radius 3 is 2.63 bits per heavy atom. The third-order valence-corrected chi connectivity index (χ3v) is 3.70. The second-order valence-corrected chi connectivity index (χ2v) is 5.25. The van der Waals surface area contributed by atoms with Crippen molar-refractivity contribution in [3.05, 3.63) is 30.1 Å². The minimum Gasteiger partial charge on any atom is -0.343 e. The van der Waals surface area contributed by atoms with Crippen LogP contribution in [0.2, 0.25) is 0 Å². The van der Waals surface area contributed by atoms with Crippen LogP contribution in [-0.2, 0) is 11.2 Å². The Labute approximate surface area is 115 Å². The first-order valence-electron chi connectivity index (χ1n) is 7.11. The summed E-state index contributed by atoms with van der Waals surface area (Å²) in [6.07, 6.45) is 7.65. The number of rotatable bonds is 6. The number of aromatic nitrogens is 1. The monoisotopic (exact) mass is 261 g/mol. The summed E-state index contributed by atoms with van der Waals surface area (Å²) in [5.41, 5.74) is 1.30. The van der Waals surface area contributed by atoms with Gasteiger partial charge in [0.2, 0.25) is 5.91 Å². The lowest BCUT2D eigenvalue weighted by Crippen LogP contribution is -2.32. The van der Waals surface area contributed by atoms with Gasteiger partial charge in [0.1, 0.15) is 0 Å². The average Bonchev–Trinajstić information content (AvgIpc) is 2.98. The number of hydrogen-bond acceptors (Lipinski definition) is 3. The van der Waals surface area contributed by atoms with Gasteiger partial charge < -0.3 is 9.80 Å². The highest BCUT2D eigenvalue weighted by atomic mass is 16.2. The molecule has 1 aromatic rings. The number of nitrogens with zero attached hydrogens (tertiary/aromatic N) is 3. The molecule has 0 saturated carbocycles. The largest absolute Gasteiger partial charge is 0.343 e. The molecule has 0 atom stereocenters. The van der Waals surface area contributed by atoms with Crippen molar-refractivity contribution in [2.45, 2.75) is 25.7 Å². The van der Waals surface area contributed by atoms with Crippen LogP contribution in [0, 0.1) is 0 Å². The second-order valence-electron chi connectivity index (χ2n) is 5.25. The van der Waals surface area contributed by atoms with Crippen LogP contribution in [0.4, 0.5) is 0 Å². The summed E-state index contributed by atoms with van der Waals surface area (Å²) in [6.45, 7) is 3.75. The molecule has 0 spiro atoms. The molecule has 4 nitrogen and oxygen atoms in total. The van der Waals surface area contributed by atoms with E-state index < -0.39 is 0 Å². The molecular weight excluding hydrogens is 238 g/mol. The predicted molar refractivity (Wildman–Crippen MR) is 75.9 cm³/mol. The summed E-state index contributed by atoms with van der Waals surface area (Å²) in [4.78, 5) is 20.2. The summed E-state index contributed by atoms with van der Waals surface area (Å²) in [5, 5.41) is 0. The van der Waals surface area contributed by atoms with E-state index in [4.69, 9.17) is 0 Å². The topological polar surface area (TPSA) is 36.4 Å². The van der Waals surface area contributed by atoms with Gasteiger partial charge in [-0.2, -0.15) is 0 Å². The minimum atomic E-state index is 0.313. The van der Waals surface area contributed by atoms with E-state index in [2.05, 4.69) is 16.9 Å². The summed E-state index contributed by atoms with van der Waals surface area (Å²) >= 11 is 0. The fourth-order valence-electron chi connectivity index (χ4n) is 2.39. The normalized spacial score (nSPS) is 15.2. The first kappa shape index (κ1) is 14.0. The van der Waals surface area contributed by atoms with Crippen molar-refractivity contribution in [1.29, 1.82) is 0 Å². The van der Waals surface area contributed by atoms with E-state index in [1.807, 2.05) is 29.4 Å². The molecule has 1 fully saturated rings. The number of likely N-dealkylation sites (tertiary alicyclic amines) is 1.